The number of carbonyl (C=O) groups is 1. The van der Waals surface area contributed by atoms with Crippen molar-refractivity contribution in [1.29, 1.82) is 0 Å². The quantitative estimate of drug-likeness (QED) is 0.477. The number of nitrogens with one attached hydrogen (secondary N) is 1. The first kappa shape index (κ1) is 19.6. The second-order valence-corrected chi connectivity index (χ2v) is 8.53. The Hall–Kier alpha value is -2.12. The summed E-state index contributed by atoms with van der Waals surface area (Å²) in [5.41, 5.74) is 3.67. The lowest BCUT2D eigenvalue weighted by Crippen LogP contribution is -2.26. The predicted molar refractivity (Wildman–Crippen MR) is 114 cm³/mol. The number of anilines is 1. The van der Waals surface area contributed by atoms with Crippen LogP contribution in [-0.4, -0.2) is 21.2 Å². The predicted octanol–water partition coefficient (Wildman–Crippen LogP) is 4.78. The van der Waals surface area contributed by atoms with Gasteiger partial charge in [0.15, 0.2) is 5.16 Å². The smallest absolute Gasteiger partial charge is 0.272 e. The molecular formula is C20H23N3O2S2. The van der Waals surface area contributed by atoms with E-state index in [9.17, 15) is 9.59 Å². The molecule has 5 nitrogen and oxygen atoms in total. The van der Waals surface area contributed by atoms with Gasteiger partial charge in [0, 0.05) is 11.7 Å². The van der Waals surface area contributed by atoms with Crippen LogP contribution in [0.4, 0.5) is 5.69 Å². The molecule has 2 heterocycles. The number of carbonyl (C=O) groups excluding carboxylic acids is 1. The third-order valence-electron chi connectivity index (χ3n) is 4.35. The Balaban J connectivity index is 1.81. The molecule has 0 saturated carbocycles. The van der Waals surface area contributed by atoms with Gasteiger partial charge in [-0.15, -0.1) is 11.3 Å². The molecule has 0 aliphatic carbocycles. The van der Waals surface area contributed by atoms with Gasteiger partial charge in [-0.2, -0.15) is 0 Å². The van der Waals surface area contributed by atoms with E-state index in [1.54, 1.807) is 4.57 Å². The molecule has 2 aromatic heterocycles. The van der Waals surface area contributed by atoms with E-state index >= 15 is 0 Å². The molecule has 0 saturated heterocycles. The number of benzene rings is 1. The summed E-state index contributed by atoms with van der Waals surface area (Å²) in [6, 6.07) is 7.83. The Morgan fingerprint density at radius 3 is 2.67 bits per heavy atom. The molecule has 3 rings (SSSR count). The van der Waals surface area contributed by atoms with Gasteiger partial charge in [0.1, 0.15) is 4.70 Å². The Labute approximate surface area is 166 Å². The average Bonchev–Trinajstić information content (AvgIpc) is 3.07. The summed E-state index contributed by atoms with van der Waals surface area (Å²) in [6.07, 6.45) is 0.820. The summed E-state index contributed by atoms with van der Waals surface area (Å²) >= 11 is 2.71. The van der Waals surface area contributed by atoms with Gasteiger partial charge < -0.3 is 5.32 Å². The summed E-state index contributed by atoms with van der Waals surface area (Å²) in [5, 5.41) is 5.40. The Kier molecular flexibility index (Phi) is 6.01. The van der Waals surface area contributed by atoms with Crippen LogP contribution >= 0.6 is 23.1 Å². The van der Waals surface area contributed by atoms with Crippen molar-refractivity contribution in [3.8, 4) is 0 Å². The molecule has 0 bridgehead atoms. The number of thiophene rings is 1. The van der Waals surface area contributed by atoms with Crippen LogP contribution in [0, 0.1) is 13.8 Å². The van der Waals surface area contributed by atoms with Crippen LogP contribution in [0.25, 0.3) is 10.2 Å². The molecule has 1 amide bonds. The first-order chi connectivity index (χ1) is 12.9. The number of aromatic nitrogens is 2. The highest BCUT2D eigenvalue weighted by atomic mass is 32.2. The zero-order chi connectivity index (χ0) is 19.6. The minimum absolute atomic E-state index is 0.0263. The second kappa shape index (κ2) is 8.27. The van der Waals surface area contributed by atoms with E-state index in [0.717, 1.165) is 23.2 Å². The summed E-state index contributed by atoms with van der Waals surface area (Å²) in [6.45, 7) is 8.05. The monoisotopic (exact) mass is 401 g/mol. The lowest BCUT2D eigenvalue weighted by molar-refractivity contribution is -0.113. The number of rotatable bonds is 6. The van der Waals surface area contributed by atoms with Crippen molar-refractivity contribution in [2.45, 2.75) is 45.3 Å². The fraction of sp³-hybridized carbons (Fsp3) is 0.350. The number of thioether (sulfide) groups is 1. The van der Waals surface area contributed by atoms with Crippen LogP contribution in [0.15, 0.2) is 39.6 Å². The molecule has 0 fully saturated rings. The number of aryl methyl sites for hydroxylation is 2. The number of hydrogen-bond donors (Lipinski definition) is 1. The molecule has 27 heavy (non-hydrogen) atoms. The normalized spacial score (nSPS) is 12.3. The summed E-state index contributed by atoms with van der Waals surface area (Å²) in [7, 11) is 0. The molecule has 3 aromatic rings. The van der Waals surface area contributed by atoms with E-state index in [0.29, 0.717) is 15.4 Å². The van der Waals surface area contributed by atoms with Crippen LogP contribution in [0.5, 0.6) is 0 Å². The molecular weight excluding hydrogens is 378 g/mol. The molecule has 1 atom stereocenters. The van der Waals surface area contributed by atoms with E-state index in [2.05, 4.69) is 16.4 Å². The Morgan fingerprint density at radius 1 is 1.30 bits per heavy atom. The van der Waals surface area contributed by atoms with Crippen molar-refractivity contribution < 1.29 is 4.79 Å². The van der Waals surface area contributed by atoms with Gasteiger partial charge in [0.25, 0.3) is 5.56 Å². The van der Waals surface area contributed by atoms with Gasteiger partial charge in [-0.25, -0.2) is 4.98 Å². The molecule has 0 aliphatic rings. The first-order valence-electron chi connectivity index (χ1n) is 8.89. The highest BCUT2D eigenvalue weighted by Crippen LogP contribution is 2.24. The van der Waals surface area contributed by atoms with E-state index in [1.807, 2.05) is 51.3 Å². The third kappa shape index (κ3) is 4.42. The van der Waals surface area contributed by atoms with Crippen molar-refractivity contribution >= 4 is 44.9 Å². The van der Waals surface area contributed by atoms with Crippen molar-refractivity contribution in [1.82, 2.24) is 9.55 Å². The van der Waals surface area contributed by atoms with Gasteiger partial charge in [-0.1, -0.05) is 24.8 Å². The van der Waals surface area contributed by atoms with Crippen molar-refractivity contribution in [3.63, 3.8) is 0 Å². The maximum Gasteiger partial charge on any atom is 0.272 e. The molecule has 7 heteroatoms. The van der Waals surface area contributed by atoms with E-state index < -0.39 is 0 Å². The van der Waals surface area contributed by atoms with E-state index in [1.165, 1.54) is 23.1 Å². The van der Waals surface area contributed by atoms with E-state index in [4.69, 9.17) is 0 Å². The third-order valence-corrected chi connectivity index (χ3v) is 6.19. The Bertz CT molecular complexity index is 1020. The second-order valence-electron chi connectivity index (χ2n) is 6.68. The summed E-state index contributed by atoms with van der Waals surface area (Å²) < 4.78 is 2.38. The minimum Gasteiger partial charge on any atom is -0.325 e. The first-order valence-corrected chi connectivity index (χ1v) is 10.8. The van der Waals surface area contributed by atoms with Crippen LogP contribution in [0.1, 0.15) is 37.4 Å². The van der Waals surface area contributed by atoms with Gasteiger partial charge in [0.05, 0.1) is 11.3 Å². The molecule has 0 aliphatic heterocycles. The minimum atomic E-state index is -0.111. The summed E-state index contributed by atoms with van der Waals surface area (Å²) in [4.78, 5) is 29.9. The fourth-order valence-electron chi connectivity index (χ4n) is 2.95. The maximum absolute atomic E-state index is 12.8. The molecule has 142 valence electrons. The lowest BCUT2D eigenvalue weighted by Gasteiger charge is -2.17. The zero-order valence-electron chi connectivity index (χ0n) is 15.9. The van der Waals surface area contributed by atoms with Gasteiger partial charge in [0.2, 0.25) is 5.91 Å². The molecule has 1 aromatic carbocycles. The molecule has 0 spiro atoms. The number of hydrogen-bond acceptors (Lipinski definition) is 5. The SMILES string of the molecule is CC[C@@H](C)n1c(SCC(=O)Nc2cc(C)cc(C)c2)nc2ccsc2c1=O. The van der Waals surface area contributed by atoms with Gasteiger partial charge in [-0.05, 0) is 61.9 Å². The maximum atomic E-state index is 12.8. The average molecular weight is 402 g/mol. The van der Waals surface area contributed by atoms with Gasteiger partial charge in [-0.3, -0.25) is 14.2 Å². The van der Waals surface area contributed by atoms with Crippen molar-refractivity contribution in [3.05, 3.63) is 51.1 Å². The van der Waals surface area contributed by atoms with Gasteiger partial charge >= 0.3 is 0 Å². The van der Waals surface area contributed by atoms with Crippen molar-refractivity contribution in [2.75, 3.05) is 11.1 Å². The number of nitrogens with zero attached hydrogens (tertiary/aromatic N) is 2. The van der Waals surface area contributed by atoms with Crippen LogP contribution < -0.4 is 10.9 Å². The lowest BCUT2D eigenvalue weighted by atomic mass is 10.1. The zero-order valence-corrected chi connectivity index (χ0v) is 17.5. The summed E-state index contributed by atoms with van der Waals surface area (Å²) in [5.74, 6) is 0.0891. The topological polar surface area (TPSA) is 64.0 Å². The van der Waals surface area contributed by atoms with Crippen LogP contribution in [0.2, 0.25) is 0 Å². The highest BCUT2D eigenvalue weighted by Gasteiger charge is 2.17. The van der Waals surface area contributed by atoms with Crippen molar-refractivity contribution in [2.24, 2.45) is 0 Å². The molecule has 1 N–H and O–H groups in total. The highest BCUT2D eigenvalue weighted by molar-refractivity contribution is 7.99. The molecule has 0 unspecified atom stereocenters. The fourth-order valence-corrected chi connectivity index (χ4v) is 4.61. The number of fused-ring (bicyclic) bond motifs is 1. The largest absolute Gasteiger partial charge is 0.325 e. The standard InChI is InChI=1S/C20H23N3O2S2/c1-5-14(4)23-19(25)18-16(6-7-26-18)22-20(23)27-11-17(24)21-15-9-12(2)8-13(3)10-15/h6-10,14H,5,11H2,1-4H3,(H,21,24)/t14-/m1/s1. The van der Waals surface area contributed by atoms with E-state index in [-0.39, 0.29) is 23.3 Å². The number of amides is 1. The molecule has 0 radical (unpaired) electrons. The van der Waals surface area contributed by atoms with Crippen LogP contribution in [0.3, 0.4) is 0 Å². The van der Waals surface area contributed by atoms with Crippen LogP contribution in [-0.2, 0) is 4.79 Å². The Morgan fingerprint density at radius 2 is 2.00 bits per heavy atom.